The van der Waals surface area contributed by atoms with E-state index in [0.29, 0.717) is 18.8 Å². The Bertz CT molecular complexity index is 323. The van der Waals surface area contributed by atoms with E-state index >= 15 is 0 Å². The van der Waals surface area contributed by atoms with Gasteiger partial charge >= 0.3 is 0 Å². The zero-order chi connectivity index (χ0) is 11.8. The van der Waals surface area contributed by atoms with Crippen LogP contribution in [0, 0.1) is 0 Å². The van der Waals surface area contributed by atoms with Crippen LogP contribution in [0.2, 0.25) is 0 Å². The Morgan fingerprint density at radius 1 is 1.62 bits per heavy atom. The van der Waals surface area contributed by atoms with Gasteiger partial charge in [-0.3, -0.25) is 9.89 Å². The second-order valence-electron chi connectivity index (χ2n) is 3.67. The molecule has 5 heteroatoms. The second-order valence-corrected chi connectivity index (χ2v) is 3.67. The lowest BCUT2D eigenvalue weighted by molar-refractivity contribution is -0.116. The largest absolute Gasteiger partial charge is 0.385 e. The highest BCUT2D eigenvalue weighted by molar-refractivity contribution is 5.89. The van der Waals surface area contributed by atoms with E-state index in [4.69, 9.17) is 4.74 Å². The van der Waals surface area contributed by atoms with Gasteiger partial charge in [0.25, 0.3) is 0 Å². The molecule has 1 aromatic rings. The van der Waals surface area contributed by atoms with Crippen LogP contribution in [0.3, 0.4) is 0 Å². The number of amides is 1. The molecule has 5 nitrogen and oxygen atoms in total. The fourth-order valence-corrected chi connectivity index (χ4v) is 1.41. The number of aromatic nitrogens is 2. The Kier molecular flexibility index (Phi) is 5.56. The molecule has 0 bridgehead atoms. The number of carbonyl (C=O) groups excluding carboxylic acids is 1. The van der Waals surface area contributed by atoms with Crippen molar-refractivity contribution in [2.75, 3.05) is 19.0 Å². The number of hydrogen-bond donors (Lipinski definition) is 2. The van der Waals surface area contributed by atoms with Gasteiger partial charge in [0.1, 0.15) is 0 Å². The smallest absolute Gasteiger partial charge is 0.225 e. The third kappa shape index (κ3) is 4.44. The zero-order valence-electron chi connectivity index (χ0n) is 9.88. The van der Waals surface area contributed by atoms with Crippen molar-refractivity contribution in [1.29, 1.82) is 0 Å². The van der Waals surface area contributed by atoms with Crippen molar-refractivity contribution in [2.45, 2.75) is 32.6 Å². The first-order valence-electron chi connectivity index (χ1n) is 5.59. The number of anilines is 1. The third-order valence-electron chi connectivity index (χ3n) is 2.17. The van der Waals surface area contributed by atoms with Gasteiger partial charge in [0.15, 0.2) is 5.82 Å². The van der Waals surface area contributed by atoms with Gasteiger partial charge in [0.05, 0.1) is 0 Å². The standard InChI is InChI=1S/C11H19N3O2/c1-3-5-9-8-10(14-13-9)12-11(15)6-4-7-16-2/h8H,3-7H2,1-2H3,(H2,12,13,14,15). The number of hydrogen-bond acceptors (Lipinski definition) is 3. The highest BCUT2D eigenvalue weighted by atomic mass is 16.5. The summed E-state index contributed by atoms with van der Waals surface area (Å²) in [4.78, 5) is 11.4. The summed E-state index contributed by atoms with van der Waals surface area (Å²) < 4.78 is 4.88. The van der Waals surface area contributed by atoms with Crippen LogP contribution in [0.4, 0.5) is 5.82 Å². The Morgan fingerprint density at radius 3 is 3.12 bits per heavy atom. The lowest BCUT2D eigenvalue weighted by Crippen LogP contribution is -2.12. The molecular formula is C11H19N3O2. The van der Waals surface area contributed by atoms with Crippen molar-refractivity contribution < 1.29 is 9.53 Å². The van der Waals surface area contributed by atoms with E-state index in [0.717, 1.165) is 25.0 Å². The molecule has 1 aromatic heterocycles. The summed E-state index contributed by atoms with van der Waals surface area (Å²) in [5.74, 6) is 0.581. The van der Waals surface area contributed by atoms with Crippen molar-refractivity contribution in [2.24, 2.45) is 0 Å². The van der Waals surface area contributed by atoms with Gasteiger partial charge in [-0.2, -0.15) is 5.10 Å². The van der Waals surface area contributed by atoms with Crippen LogP contribution in [0.1, 0.15) is 31.9 Å². The highest BCUT2D eigenvalue weighted by Crippen LogP contribution is 2.07. The summed E-state index contributed by atoms with van der Waals surface area (Å²) in [5, 5.41) is 9.65. The number of ether oxygens (including phenoxy) is 1. The van der Waals surface area contributed by atoms with E-state index < -0.39 is 0 Å². The molecule has 1 rings (SSSR count). The molecule has 0 saturated carbocycles. The van der Waals surface area contributed by atoms with E-state index in [9.17, 15) is 4.79 Å². The van der Waals surface area contributed by atoms with E-state index in [1.807, 2.05) is 6.07 Å². The summed E-state index contributed by atoms with van der Waals surface area (Å²) in [5.41, 5.74) is 1.05. The van der Waals surface area contributed by atoms with Crippen molar-refractivity contribution in [1.82, 2.24) is 10.2 Å². The minimum atomic E-state index is -0.0217. The van der Waals surface area contributed by atoms with Gasteiger partial charge in [0, 0.05) is 31.9 Å². The zero-order valence-corrected chi connectivity index (χ0v) is 9.88. The molecule has 1 heterocycles. The summed E-state index contributed by atoms with van der Waals surface area (Å²) in [6.07, 6.45) is 3.20. The van der Waals surface area contributed by atoms with Crippen molar-refractivity contribution in [3.05, 3.63) is 11.8 Å². The van der Waals surface area contributed by atoms with E-state index in [2.05, 4.69) is 22.4 Å². The lowest BCUT2D eigenvalue weighted by Gasteiger charge is -2.00. The topological polar surface area (TPSA) is 67.0 Å². The van der Waals surface area contributed by atoms with Gasteiger partial charge in [0.2, 0.25) is 5.91 Å². The van der Waals surface area contributed by atoms with E-state index in [1.165, 1.54) is 0 Å². The maximum Gasteiger partial charge on any atom is 0.225 e. The monoisotopic (exact) mass is 225 g/mol. The summed E-state index contributed by atoms with van der Waals surface area (Å²) in [7, 11) is 1.63. The molecular weight excluding hydrogens is 206 g/mol. The van der Waals surface area contributed by atoms with Crippen LogP contribution in [0.15, 0.2) is 6.07 Å². The average molecular weight is 225 g/mol. The molecule has 2 N–H and O–H groups in total. The summed E-state index contributed by atoms with van der Waals surface area (Å²) in [6.45, 7) is 2.71. The van der Waals surface area contributed by atoms with Gasteiger partial charge in [-0.05, 0) is 12.8 Å². The van der Waals surface area contributed by atoms with Crippen LogP contribution in [0.5, 0.6) is 0 Å². The Hall–Kier alpha value is -1.36. The Labute approximate surface area is 95.6 Å². The molecule has 0 aliphatic carbocycles. The molecule has 0 aliphatic heterocycles. The highest BCUT2D eigenvalue weighted by Gasteiger charge is 2.05. The number of carbonyl (C=O) groups is 1. The number of aryl methyl sites for hydroxylation is 1. The Balaban J connectivity index is 2.31. The molecule has 16 heavy (non-hydrogen) atoms. The molecule has 90 valence electrons. The van der Waals surface area contributed by atoms with Crippen molar-refractivity contribution >= 4 is 11.7 Å². The predicted octanol–water partition coefficient (Wildman–Crippen LogP) is 1.73. The molecule has 0 radical (unpaired) electrons. The van der Waals surface area contributed by atoms with Crippen molar-refractivity contribution in [3.63, 3.8) is 0 Å². The quantitative estimate of drug-likeness (QED) is 0.694. The third-order valence-corrected chi connectivity index (χ3v) is 2.17. The lowest BCUT2D eigenvalue weighted by atomic mass is 10.2. The molecule has 0 spiro atoms. The molecule has 1 amide bonds. The van der Waals surface area contributed by atoms with Gasteiger partial charge in [-0.1, -0.05) is 13.3 Å². The fraction of sp³-hybridized carbons (Fsp3) is 0.636. The van der Waals surface area contributed by atoms with Crippen molar-refractivity contribution in [3.8, 4) is 0 Å². The molecule has 0 fully saturated rings. The average Bonchev–Trinajstić information content (AvgIpc) is 2.66. The number of H-pyrrole nitrogens is 1. The second kappa shape index (κ2) is 7.00. The van der Waals surface area contributed by atoms with Gasteiger partial charge in [-0.25, -0.2) is 0 Å². The number of aromatic amines is 1. The van der Waals surface area contributed by atoms with Crippen LogP contribution in [-0.2, 0) is 16.0 Å². The van der Waals surface area contributed by atoms with Crippen LogP contribution in [0.25, 0.3) is 0 Å². The van der Waals surface area contributed by atoms with Gasteiger partial charge in [-0.15, -0.1) is 0 Å². The molecule has 0 atom stereocenters. The fourth-order valence-electron chi connectivity index (χ4n) is 1.41. The van der Waals surface area contributed by atoms with Crippen LogP contribution >= 0.6 is 0 Å². The Morgan fingerprint density at radius 2 is 2.44 bits per heavy atom. The maximum atomic E-state index is 11.4. The maximum absolute atomic E-state index is 11.4. The summed E-state index contributed by atoms with van der Waals surface area (Å²) in [6, 6.07) is 1.87. The molecule has 0 aliphatic rings. The number of nitrogens with one attached hydrogen (secondary N) is 2. The first-order chi connectivity index (χ1) is 7.76. The van der Waals surface area contributed by atoms with Gasteiger partial charge < -0.3 is 10.1 Å². The predicted molar refractivity (Wildman–Crippen MR) is 62.3 cm³/mol. The van der Waals surface area contributed by atoms with Crippen LogP contribution in [-0.4, -0.2) is 29.8 Å². The van der Waals surface area contributed by atoms with Crippen LogP contribution < -0.4 is 5.32 Å². The summed E-state index contributed by atoms with van der Waals surface area (Å²) >= 11 is 0. The first-order valence-corrected chi connectivity index (χ1v) is 5.59. The number of rotatable bonds is 7. The minimum Gasteiger partial charge on any atom is -0.385 e. The molecule has 0 saturated heterocycles. The van der Waals surface area contributed by atoms with E-state index in [-0.39, 0.29) is 5.91 Å². The molecule has 0 unspecified atom stereocenters. The molecule has 0 aromatic carbocycles. The van der Waals surface area contributed by atoms with E-state index in [1.54, 1.807) is 7.11 Å². The first kappa shape index (κ1) is 12.7. The SMILES string of the molecule is CCCc1cc(NC(=O)CCCOC)n[nH]1. The number of nitrogens with zero attached hydrogens (tertiary/aromatic N) is 1. The normalized spacial score (nSPS) is 10.4. The number of methoxy groups -OCH3 is 1. The minimum absolute atomic E-state index is 0.0217.